The van der Waals surface area contributed by atoms with Gasteiger partial charge in [-0.25, -0.2) is 4.98 Å². The minimum atomic E-state index is -0.218. The van der Waals surface area contributed by atoms with Crippen LogP contribution in [0.1, 0.15) is 22.7 Å². The number of fused-ring (bicyclic) bond motifs is 1. The van der Waals surface area contributed by atoms with Crippen molar-refractivity contribution in [2.75, 3.05) is 7.11 Å². The number of aromatic nitrogens is 1. The van der Waals surface area contributed by atoms with E-state index in [0.29, 0.717) is 11.6 Å². The van der Waals surface area contributed by atoms with Crippen molar-refractivity contribution in [3.8, 4) is 11.7 Å². The van der Waals surface area contributed by atoms with Crippen LogP contribution in [0.15, 0.2) is 57.9 Å². The Morgan fingerprint density at radius 3 is 2.65 bits per heavy atom. The molecular weight excluding hydrogens is 328 g/mol. The van der Waals surface area contributed by atoms with E-state index in [9.17, 15) is 5.11 Å². The zero-order valence-corrected chi connectivity index (χ0v) is 14.1. The third kappa shape index (κ3) is 3.15. The van der Waals surface area contributed by atoms with Gasteiger partial charge in [0.25, 0.3) is 0 Å². The molecule has 0 aliphatic carbocycles. The van der Waals surface area contributed by atoms with Crippen LogP contribution >= 0.6 is 0 Å². The fourth-order valence-corrected chi connectivity index (χ4v) is 2.69. The highest BCUT2D eigenvalue weighted by Crippen LogP contribution is 2.33. The lowest BCUT2D eigenvalue weighted by Gasteiger charge is -1.98. The molecule has 1 aliphatic heterocycles. The van der Waals surface area contributed by atoms with Crippen LogP contribution in [0.5, 0.6) is 11.7 Å². The molecule has 1 aliphatic rings. The van der Waals surface area contributed by atoms with Crippen LogP contribution in [0.3, 0.4) is 0 Å². The number of ether oxygens (including phenoxy) is 1. The van der Waals surface area contributed by atoms with Gasteiger partial charge in [-0.3, -0.25) is 4.99 Å². The highest BCUT2D eigenvalue weighted by molar-refractivity contribution is 6.21. The second kappa shape index (κ2) is 6.72. The van der Waals surface area contributed by atoms with E-state index in [1.54, 1.807) is 25.5 Å². The topological polar surface area (TPSA) is 67.9 Å². The molecule has 5 heteroatoms. The molecule has 26 heavy (non-hydrogen) atoms. The molecule has 128 valence electrons. The lowest BCUT2D eigenvalue weighted by atomic mass is 10.1. The average Bonchev–Trinajstić information content (AvgIpc) is 3.24. The molecule has 4 rings (SSSR count). The molecule has 2 aromatic carbocycles. The van der Waals surface area contributed by atoms with Crippen LogP contribution in [0.2, 0.25) is 0 Å². The third-order valence-electron chi connectivity index (χ3n) is 4.04. The second-order valence-corrected chi connectivity index (χ2v) is 5.72. The van der Waals surface area contributed by atoms with Crippen LogP contribution in [0.25, 0.3) is 23.8 Å². The van der Waals surface area contributed by atoms with Crippen molar-refractivity contribution in [2.45, 2.75) is 0 Å². The Morgan fingerprint density at radius 1 is 1.04 bits per heavy atom. The van der Waals surface area contributed by atoms with Crippen LogP contribution < -0.4 is 4.74 Å². The molecule has 5 nitrogen and oxygen atoms in total. The van der Waals surface area contributed by atoms with Crippen molar-refractivity contribution in [2.24, 2.45) is 4.99 Å². The molecule has 2 heterocycles. The summed E-state index contributed by atoms with van der Waals surface area (Å²) in [5.74, 6) is 0.904. The molecule has 0 radical (unpaired) electrons. The maximum Gasteiger partial charge on any atom is 0.310 e. The predicted molar refractivity (Wildman–Crippen MR) is 103 cm³/mol. The Hall–Kier alpha value is -3.60. The molecule has 0 amide bonds. The van der Waals surface area contributed by atoms with Gasteiger partial charge >= 0.3 is 5.95 Å². The summed E-state index contributed by atoms with van der Waals surface area (Å²) in [4.78, 5) is 8.67. The number of benzene rings is 2. The first-order valence-electron chi connectivity index (χ1n) is 8.10. The first kappa shape index (κ1) is 15.9. The maximum atomic E-state index is 10.0. The first-order valence-corrected chi connectivity index (χ1v) is 8.10. The highest BCUT2D eigenvalue weighted by Gasteiger charge is 2.14. The minimum Gasteiger partial charge on any atom is -0.497 e. The smallest absolute Gasteiger partial charge is 0.310 e. The summed E-state index contributed by atoms with van der Waals surface area (Å²) in [7, 11) is 1.63. The lowest BCUT2D eigenvalue weighted by Crippen LogP contribution is -1.82. The van der Waals surface area contributed by atoms with Crippen molar-refractivity contribution >= 4 is 35.7 Å². The Labute approximate surface area is 150 Å². The van der Waals surface area contributed by atoms with Crippen LogP contribution in [-0.2, 0) is 0 Å². The molecule has 3 aromatic rings. The van der Waals surface area contributed by atoms with E-state index in [1.807, 2.05) is 54.6 Å². The van der Waals surface area contributed by atoms with Gasteiger partial charge in [-0.2, -0.15) is 0 Å². The van der Waals surface area contributed by atoms with Crippen molar-refractivity contribution in [3.63, 3.8) is 0 Å². The van der Waals surface area contributed by atoms with E-state index in [1.165, 1.54) is 0 Å². The Balaban J connectivity index is 1.57. The second-order valence-electron chi connectivity index (χ2n) is 5.72. The van der Waals surface area contributed by atoms with Gasteiger partial charge in [-0.05, 0) is 35.9 Å². The largest absolute Gasteiger partial charge is 0.497 e. The summed E-state index contributed by atoms with van der Waals surface area (Å²) in [6.45, 7) is 0. The zero-order valence-electron chi connectivity index (χ0n) is 14.1. The number of methoxy groups -OCH3 is 1. The molecule has 1 N–H and O–H groups in total. The number of aliphatic imine (C=N–C) groups is 1. The lowest BCUT2D eigenvalue weighted by molar-refractivity contribution is 0.328. The predicted octanol–water partition coefficient (Wildman–Crippen LogP) is 4.82. The summed E-state index contributed by atoms with van der Waals surface area (Å²) in [6, 6.07) is 15.4. The van der Waals surface area contributed by atoms with Gasteiger partial charge in [-0.15, -0.1) is 0 Å². The van der Waals surface area contributed by atoms with Gasteiger partial charge in [-0.1, -0.05) is 30.3 Å². The summed E-state index contributed by atoms with van der Waals surface area (Å²) >= 11 is 0. The van der Waals surface area contributed by atoms with Gasteiger partial charge in [0.05, 0.1) is 12.8 Å². The zero-order chi connectivity index (χ0) is 17.9. The van der Waals surface area contributed by atoms with E-state index in [4.69, 9.17) is 9.15 Å². The number of para-hydroxylation sites is 1. The third-order valence-corrected chi connectivity index (χ3v) is 4.04. The van der Waals surface area contributed by atoms with E-state index < -0.39 is 0 Å². The van der Waals surface area contributed by atoms with E-state index >= 15 is 0 Å². The minimum absolute atomic E-state index is 0.218. The van der Waals surface area contributed by atoms with Gasteiger partial charge in [0, 0.05) is 23.4 Å². The van der Waals surface area contributed by atoms with Crippen LogP contribution in [0.4, 0.5) is 5.69 Å². The van der Waals surface area contributed by atoms with Gasteiger partial charge in [0.1, 0.15) is 11.4 Å². The summed E-state index contributed by atoms with van der Waals surface area (Å²) in [6.07, 6.45) is 7.08. The fourth-order valence-electron chi connectivity index (χ4n) is 2.69. The molecule has 0 atom stereocenters. The van der Waals surface area contributed by atoms with Gasteiger partial charge < -0.3 is 14.3 Å². The normalized spacial score (nSPS) is 14.3. The molecule has 1 aromatic heterocycles. The van der Waals surface area contributed by atoms with Crippen molar-refractivity contribution in [3.05, 3.63) is 71.2 Å². The molecule has 0 unspecified atom stereocenters. The maximum absolute atomic E-state index is 10.0. The van der Waals surface area contributed by atoms with Gasteiger partial charge in [0.15, 0.2) is 0 Å². The number of allylic oxidation sites excluding steroid dienone is 1. The summed E-state index contributed by atoms with van der Waals surface area (Å²) in [5, 5.41) is 10.0. The standard InChI is InChI=1S/C21H16N2O3/c1-25-16-9-6-14(7-10-16)8-11-20-23-19(21(24)26-20)12-15-13-22-18-5-3-2-4-17(15)18/h2-13,24H,1H3. The number of hydrogen-bond acceptors (Lipinski definition) is 5. The van der Waals surface area contributed by atoms with E-state index in [2.05, 4.69) is 9.98 Å². The summed E-state index contributed by atoms with van der Waals surface area (Å²) in [5.41, 5.74) is 4.14. The molecular formula is C21H16N2O3. The van der Waals surface area contributed by atoms with Crippen molar-refractivity contribution < 1.29 is 14.3 Å². The summed E-state index contributed by atoms with van der Waals surface area (Å²) < 4.78 is 10.5. The number of hydrogen-bond donors (Lipinski definition) is 1. The van der Waals surface area contributed by atoms with E-state index in [-0.39, 0.29) is 5.95 Å². The fraction of sp³-hybridized carbons (Fsp3) is 0.0476. The van der Waals surface area contributed by atoms with Crippen LogP contribution in [-0.4, -0.2) is 23.4 Å². The van der Waals surface area contributed by atoms with E-state index in [0.717, 1.165) is 28.1 Å². The number of oxazole rings is 1. The first-order chi connectivity index (χ1) is 12.7. The SMILES string of the molecule is COc1ccc(C=Cc2nc(C=C3C=Nc4ccccc43)c(O)o2)cc1. The Bertz CT molecular complexity index is 1030. The van der Waals surface area contributed by atoms with Crippen molar-refractivity contribution in [1.29, 1.82) is 0 Å². The van der Waals surface area contributed by atoms with Crippen molar-refractivity contribution in [1.82, 2.24) is 4.98 Å². The molecule has 0 saturated carbocycles. The quantitative estimate of drug-likeness (QED) is 0.737. The molecule has 0 spiro atoms. The Kier molecular flexibility index (Phi) is 4.11. The highest BCUT2D eigenvalue weighted by atomic mass is 16.5. The number of rotatable bonds is 4. The van der Waals surface area contributed by atoms with Crippen LogP contribution in [0, 0.1) is 0 Å². The molecule has 0 saturated heterocycles. The monoisotopic (exact) mass is 344 g/mol. The molecule has 0 fully saturated rings. The Morgan fingerprint density at radius 2 is 1.85 bits per heavy atom. The average molecular weight is 344 g/mol. The molecule has 0 bridgehead atoms. The number of nitrogens with zero attached hydrogens (tertiary/aromatic N) is 2. The number of aromatic hydroxyl groups is 1. The van der Waals surface area contributed by atoms with Gasteiger partial charge in [0.2, 0.25) is 5.89 Å².